The molecular weight excluding hydrogens is 1200 g/mol. The minimum Gasteiger partial charge on any atom is -0.508 e. The number of aromatic nitrogens is 3. The highest BCUT2D eigenvalue weighted by Gasteiger charge is 2.66. The lowest BCUT2D eigenvalue weighted by molar-refractivity contribution is -0.159. The molecule has 1 saturated carbocycles. The average molecular weight is 1280 g/mol. The number of methoxy groups -OCH3 is 1. The van der Waals surface area contributed by atoms with E-state index in [9.17, 15) is 57.9 Å². The van der Waals surface area contributed by atoms with Crippen LogP contribution in [0.4, 0.5) is 0 Å². The summed E-state index contributed by atoms with van der Waals surface area (Å²) in [5.41, 5.74) is 2.71. The number of carbonyl (C=O) groups excluding carboxylic acids is 5. The number of imidazole rings is 1. The van der Waals surface area contributed by atoms with E-state index in [0.29, 0.717) is 36.6 Å². The molecule has 5 heterocycles. The van der Waals surface area contributed by atoms with Crippen molar-refractivity contribution in [3.8, 4) is 22.8 Å². The van der Waals surface area contributed by atoms with Crippen LogP contribution in [-0.4, -0.2) is 195 Å². The number of aliphatic hydroxyl groups is 4. The quantitative estimate of drug-likeness (QED) is 0.0337. The molecule has 0 radical (unpaired) electrons. The number of ether oxygens (including phenoxy) is 2. The van der Waals surface area contributed by atoms with Crippen LogP contribution in [0.5, 0.6) is 11.5 Å². The van der Waals surface area contributed by atoms with Crippen LogP contribution in [0.1, 0.15) is 83.1 Å². The number of nitrogens with zero attached hydrogens (tertiary/aromatic N) is 5. The van der Waals surface area contributed by atoms with Gasteiger partial charge in [0.1, 0.15) is 35.2 Å². The Morgan fingerprint density at radius 2 is 1.69 bits per heavy atom. The number of rotatable bonds is 12. The molecule has 22 nitrogen and oxygen atoms in total. The number of phenols is 1. The number of ketones is 3. The van der Waals surface area contributed by atoms with Crippen LogP contribution in [0.25, 0.3) is 43.1 Å². The van der Waals surface area contributed by atoms with Crippen molar-refractivity contribution in [2.45, 2.75) is 75.5 Å². The number of esters is 1. The molecule has 7 aromatic rings. The van der Waals surface area contributed by atoms with E-state index in [1.54, 1.807) is 32.5 Å². The molecule has 6 atom stereocenters. The molecule has 89 heavy (non-hydrogen) atoms. The Morgan fingerprint density at radius 1 is 0.966 bits per heavy atom. The molecule has 8 N–H and O–H groups in total. The Bertz CT molecular complexity index is 4080. The van der Waals surface area contributed by atoms with Crippen molar-refractivity contribution in [1.82, 2.24) is 34.4 Å². The van der Waals surface area contributed by atoms with Gasteiger partial charge in [-0.1, -0.05) is 42.5 Å². The monoisotopic (exact) mass is 1280 g/mol. The first-order valence-corrected chi connectivity index (χ1v) is 32.8. The number of aromatic hydroxyl groups is 1. The highest BCUT2D eigenvalue weighted by molar-refractivity contribution is 7.98. The maximum Gasteiger partial charge on any atom is 0.338 e. The maximum absolute atomic E-state index is 13.7. The fraction of sp³-hybridized carbons (Fsp3) is 0.406. The Morgan fingerprint density at radius 3 is 2.37 bits per heavy atom. The molecule has 3 aromatic heterocycles. The van der Waals surface area contributed by atoms with Gasteiger partial charge in [0.05, 0.1) is 52.0 Å². The number of benzene rings is 4. The molecule has 474 valence electrons. The van der Waals surface area contributed by atoms with Crippen LogP contribution in [0.3, 0.4) is 0 Å². The number of aromatic amines is 1. The molecular formula is C64H75N7O15S3. The zero-order chi connectivity index (χ0) is 64.6. The van der Waals surface area contributed by atoms with Gasteiger partial charge in [-0.3, -0.25) is 37.9 Å². The van der Waals surface area contributed by atoms with Crippen LogP contribution in [0.2, 0.25) is 0 Å². The first kappa shape index (κ1) is 66.0. The summed E-state index contributed by atoms with van der Waals surface area (Å²) >= 11 is 3.55. The van der Waals surface area contributed by atoms with Crippen LogP contribution < -0.4 is 10.1 Å². The summed E-state index contributed by atoms with van der Waals surface area (Å²) in [5, 5.41) is 59.4. The number of fused-ring (bicyclic) bond motifs is 9. The average Bonchev–Trinajstić information content (AvgIpc) is 1.34. The van der Waals surface area contributed by atoms with Crippen molar-refractivity contribution < 1.29 is 71.9 Å². The third-order valence-electron chi connectivity index (χ3n) is 17.0. The largest absolute Gasteiger partial charge is 0.508 e. The predicted octanol–water partition coefficient (Wildman–Crippen LogP) is 7.35. The molecule has 6 unspecified atom stereocenters. The second-order valence-electron chi connectivity index (χ2n) is 23.4. The summed E-state index contributed by atoms with van der Waals surface area (Å²) in [6.45, 7) is 8.70. The van der Waals surface area contributed by atoms with E-state index >= 15 is 0 Å². The van der Waals surface area contributed by atoms with Gasteiger partial charge >= 0.3 is 5.97 Å². The van der Waals surface area contributed by atoms with Gasteiger partial charge in [-0.25, -0.2) is 9.78 Å². The third-order valence-corrected chi connectivity index (χ3v) is 19.0. The molecule has 0 bridgehead atoms. The number of likely N-dealkylation sites (tertiary alicyclic amines) is 1. The van der Waals surface area contributed by atoms with Gasteiger partial charge in [-0.2, -0.15) is 20.2 Å². The van der Waals surface area contributed by atoms with E-state index in [-0.39, 0.29) is 40.7 Å². The van der Waals surface area contributed by atoms with Gasteiger partial charge in [0.25, 0.3) is 16.0 Å². The zero-order valence-electron chi connectivity index (χ0n) is 51.0. The normalized spacial score (nSPS) is 22.3. The molecule has 2 aliphatic heterocycles. The lowest BCUT2D eigenvalue weighted by Crippen LogP contribution is -2.66. The Hall–Kier alpha value is -7.46. The van der Waals surface area contributed by atoms with Crippen LogP contribution >= 0.6 is 23.1 Å². The summed E-state index contributed by atoms with van der Waals surface area (Å²) in [6.07, 6.45) is 6.05. The number of thiazole rings is 1. The number of phenolic OH excluding ortho intramolecular Hbond substituents is 1. The number of H-pyrrole nitrogens is 1. The highest BCUT2D eigenvalue weighted by Crippen LogP contribution is 2.57. The standard InChI is InChI=1S/C24H26N4O2S.C23H25NO8.C16H20N2O2S.CH4O3S/c1-3-27-11-5-7-18(27)14-25-23(29)17-9-10-21-22(13-17)31-24-26-20(15-28(21)24)16-6-4-8-19(12-16)30-2;1-9(25)14-19(28)17(24(3)4)12-8-11-16(21(30)23(12,32)20(14)29)18(27)15-10(22(11,2)31)6-5-7-13(15)26;1-18(2)6-7-20-16(19)11-3-4-14-12(9-11)13-10-21-8-5-15(13)17-14;1-5(2,3)4/h4,6,8-10,12-13,15,18H,3,5,7,11,14H2,1-2H3,(H,25,29);5-7,11-12,17,26-27,29,31-32H,8H2,1-4H3;3-4,9,17H,5-8,10H2,1-2H3;1H3,(H,2,3,4). The van der Waals surface area contributed by atoms with Crippen LogP contribution in [0.15, 0.2) is 102 Å². The minimum absolute atomic E-state index is 0.00652. The van der Waals surface area contributed by atoms with Gasteiger partial charge in [0, 0.05) is 76.2 Å². The van der Waals surface area contributed by atoms with E-state index in [2.05, 4.69) is 26.5 Å². The van der Waals surface area contributed by atoms with Gasteiger partial charge in [0.2, 0.25) is 5.78 Å². The number of hydrogen-bond donors (Lipinski definition) is 8. The molecule has 12 rings (SSSR count). The van der Waals surface area contributed by atoms with Crippen LogP contribution in [-0.2, 0) is 47.0 Å². The van der Waals surface area contributed by atoms with Gasteiger partial charge < -0.3 is 50.2 Å². The topological polar surface area (TPSA) is 314 Å². The van der Waals surface area contributed by atoms with E-state index in [0.717, 1.165) is 82.9 Å². The molecule has 2 fully saturated rings. The van der Waals surface area contributed by atoms with Crippen molar-refractivity contribution in [2.24, 2.45) is 11.8 Å². The lowest BCUT2D eigenvalue weighted by Gasteiger charge is -2.53. The number of thioether (sulfide) groups is 1. The van der Waals surface area contributed by atoms with E-state index in [4.69, 9.17) is 19.0 Å². The molecule has 4 aromatic carbocycles. The Labute approximate surface area is 523 Å². The number of nitrogens with one attached hydrogen (secondary N) is 2. The first-order valence-electron chi connectivity index (χ1n) is 29.0. The van der Waals surface area contributed by atoms with Crippen LogP contribution in [0, 0.1) is 11.8 Å². The number of aryl methyl sites for hydroxylation is 1. The van der Waals surface area contributed by atoms with Crippen molar-refractivity contribution in [2.75, 3.05) is 80.1 Å². The molecule has 5 aliphatic rings. The summed E-state index contributed by atoms with van der Waals surface area (Å²) in [4.78, 5) is 78.8. The smallest absolute Gasteiger partial charge is 0.338 e. The summed E-state index contributed by atoms with van der Waals surface area (Å²) in [6, 6.07) is 23.2. The fourth-order valence-electron chi connectivity index (χ4n) is 12.6. The first-order chi connectivity index (χ1) is 42.1. The second kappa shape index (κ2) is 26.5. The number of hydrogen-bond acceptors (Lipinski definition) is 20. The van der Waals surface area contributed by atoms with Gasteiger partial charge in [-0.05, 0) is 152 Å². The van der Waals surface area contributed by atoms with Crippen molar-refractivity contribution in [3.05, 3.63) is 135 Å². The number of likely N-dealkylation sites (N-methyl/N-ethyl adjacent to an activating group) is 3. The Balaban J connectivity index is 0.000000156. The second-order valence-corrected chi connectivity index (χ2v) is 27.0. The number of carbonyl (C=O) groups is 5. The summed E-state index contributed by atoms with van der Waals surface area (Å²) < 4.78 is 39.7. The number of Topliss-reactive ketones (excluding diaryl/α,β-unsaturated/α-hetero) is 3. The molecule has 1 amide bonds. The molecule has 25 heteroatoms. The van der Waals surface area contributed by atoms with E-state index < -0.39 is 73.6 Å². The predicted molar refractivity (Wildman–Crippen MR) is 341 cm³/mol. The van der Waals surface area contributed by atoms with Gasteiger partial charge in [-0.15, -0.1) is 0 Å². The lowest BCUT2D eigenvalue weighted by atomic mass is 9.54. The third kappa shape index (κ3) is 13.4. The van der Waals surface area contributed by atoms with Gasteiger partial charge in [0.15, 0.2) is 22.1 Å². The van der Waals surface area contributed by atoms with E-state index in [1.165, 1.54) is 58.8 Å². The van der Waals surface area contributed by atoms with Crippen molar-refractivity contribution in [1.29, 1.82) is 0 Å². The molecule has 3 aliphatic carbocycles. The molecule has 0 spiro atoms. The van der Waals surface area contributed by atoms with Crippen molar-refractivity contribution >= 4 is 94.3 Å². The number of aliphatic hydroxyl groups excluding tert-OH is 2. The van der Waals surface area contributed by atoms with E-state index in [1.807, 2.05) is 97.6 Å². The highest BCUT2D eigenvalue weighted by atomic mass is 32.2. The fourth-order valence-corrected chi connectivity index (χ4v) is 14.7. The summed E-state index contributed by atoms with van der Waals surface area (Å²) in [5.74, 6) is -4.20. The number of amides is 1. The summed E-state index contributed by atoms with van der Waals surface area (Å²) in [7, 11) is 5.01. The maximum atomic E-state index is 13.7. The zero-order valence-corrected chi connectivity index (χ0v) is 53.4. The van der Waals surface area contributed by atoms with Crippen molar-refractivity contribution in [3.63, 3.8) is 0 Å². The Kier molecular flexibility index (Phi) is 19.7. The molecule has 1 saturated heterocycles. The minimum atomic E-state index is -3.67. The SMILES string of the molecule is CC(=O)C1=C(O)C2(O)C(=O)C3=C(O)c4c(O)cccc4C(C)(O)C3CC2C(N(C)C)C1=O.CCN1CCCC1CNC(=O)c1ccc2c(c1)sc1nc(-c3cccc(OC)c3)cn12.CN(C)CCOC(=O)c1ccc2[nH]c3c(c2c1)CSCC3.CS(=O)(=O)O.